The first-order chi connectivity index (χ1) is 13.0. The Bertz CT molecular complexity index is 1130. The fourth-order valence-corrected chi connectivity index (χ4v) is 3.37. The lowest BCUT2D eigenvalue weighted by molar-refractivity contribution is 0.0942. The minimum atomic E-state index is -0.563. The number of halogens is 1. The van der Waals surface area contributed by atoms with Crippen LogP contribution >= 0.6 is 0 Å². The van der Waals surface area contributed by atoms with E-state index in [1.807, 2.05) is 47.5 Å². The number of rotatable bonds is 4. The lowest BCUT2D eigenvalue weighted by Crippen LogP contribution is -2.31. The number of aryl methyl sites for hydroxylation is 2. The maximum atomic E-state index is 13.8. The van der Waals surface area contributed by atoms with Crippen LogP contribution in [0.25, 0.3) is 10.9 Å². The van der Waals surface area contributed by atoms with Crippen LogP contribution in [0.3, 0.4) is 0 Å². The second-order valence-electron chi connectivity index (χ2n) is 6.53. The summed E-state index contributed by atoms with van der Waals surface area (Å²) in [6.45, 7) is 0. The first-order valence-corrected chi connectivity index (χ1v) is 8.62. The molecule has 0 spiro atoms. The largest absolute Gasteiger partial charge is 0.350 e. The Hall–Kier alpha value is -3.41. The normalized spacial score (nSPS) is 12.3. The molecule has 27 heavy (non-hydrogen) atoms. The predicted octanol–water partition coefficient (Wildman–Crippen LogP) is 3.57. The molecule has 0 saturated heterocycles. The predicted molar refractivity (Wildman–Crippen MR) is 102 cm³/mol. The summed E-state index contributed by atoms with van der Waals surface area (Å²) in [4.78, 5) is 17.4. The molecule has 0 aliphatic carbocycles. The van der Waals surface area contributed by atoms with Gasteiger partial charge in [-0.15, -0.1) is 0 Å². The lowest BCUT2D eigenvalue weighted by atomic mass is 10.0. The molecule has 1 amide bonds. The fourth-order valence-electron chi connectivity index (χ4n) is 3.37. The molecule has 6 heteroatoms. The topological polar surface area (TPSA) is 51.9 Å². The number of imidazole rings is 1. The molecule has 5 nitrogen and oxygen atoms in total. The quantitative estimate of drug-likeness (QED) is 0.603. The Balaban J connectivity index is 1.75. The highest BCUT2D eigenvalue weighted by molar-refractivity contribution is 6.07. The number of fused-ring (bicyclic) bond motifs is 1. The second kappa shape index (κ2) is 6.72. The third-order valence-corrected chi connectivity index (χ3v) is 4.72. The van der Waals surface area contributed by atoms with E-state index in [2.05, 4.69) is 10.3 Å². The van der Waals surface area contributed by atoms with E-state index >= 15 is 0 Å². The molecule has 4 rings (SSSR count). The van der Waals surface area contributed by atoms with E-state index in [1.165, 1.54) is 12.1 Å². The Morgan fingerprint density at radius 1 is 1.11 bits per heavy atom. The van der Waals surface area contributed by atoms with Gasteiger partial charge in [0.1, 0.15) is 17.7 Å². The van der Waals surface area contributed by atoms with Crippen molar-refractivity contribution in [2.75, 3.05) is 0 Å². The van der Waals surface area contributed by atoms with Gasteiger partial charge in [-0.1, -0.05) is 30.3 Å². The van der Waals surface area contributed by atoms with Gasteiger partial charge in [-0.2, -0.15) is 0 Å². The second-order valence-corrected chi connectivity index (χ2v) is 6.53. The standard InChI is InChI=1S/C21H19FN4O/c1-25-11-10-23-20(25)19(14-6-5-7-15(22)12-14)24-21(27)17-13-26(2)18-9-4-3-8-16(17)18/h3-13,19H,1-2H3,(H,24,27)/t19-/m0/s1. The number of carbonyl (C=O) groups is 1. The van der Waals surface area contributed by atoms with E-state index in [9.17, 15) is 9.18 Å². The zero-order valence-corrected chi connectivity index (χ0v) is 15.1. The van der Waals surface area contributed by atoms with Crippen molar-refractivity contribution in [3.63, 3.8) is 0 Å². The van der Waals surface area contributed by atoms with Crippen LogP contribution in [0.4, 0.5) is 4.39 Å². The molecule has 0 aliphatic rings. The van der Waals surface area contributed by atoms with Crippen LogP contribution in [-0.2, 0) is 14.1 Å². The summed E-state index contributed by atoms with van der Waals surface area (Å²) >= 11 is 0. The maximum Gasteiger partial charge on any atom is 0.254 e. The lowest BCUT2D eigenvalue weighted by Gasteiger charge is -2.19. The van der Waals surface area contributed by atoms with E-state index < -0.39 is 6.04 Å². The van der Waals surface area contributed by atoms with Crippen LogP contribution in [0.2, 0.25) is 0 Å². The van der Waals surface area contributed by atoms with Gasteiger partial charge in [0.25, 0.3) is 5.91 Å². The third-order valence-electron chi connectivity index (χ3n) is 4.72. The smallest absolute Gasteiger partial charge is 0.254 e. The van der Waals surface area contributed by atoms with Crippen LogP contribution < -0.4 is 5.32 Å². The van der Waals surface area contributed by atoms with E-state index in [4.69, 9.17) is 0 Å². The van der Waals surface area contributed by atoms with Gasteiger partial charge in [-0.25, -0.2) is 9.37 Å². The maximum absolute atomic E-state index is 13.8. The molecule has 1 N–H and O–H groups in total. The van der Waals surface area contributed by atoms with Crippen LogP contribution in [-0.4, -0.2) is 20.0 Å². The van der Waals surface area contributed by atoms with Gasteiger partial charge in [0.05, 0.1) is 5.56 Å². The average Bonchev–Trinajstić information content (AvgIpc) is 3.23. The van der Waals surface area contributed by atoms with Crippen molar-refractivity contribution in [3.05, 3.63) is 89.9 Å². The SMILES string of the molecule is Cn1ccnc1[C@@H](NC(=O)c1cn(C)c2ccccc12)c1cccc(F)c1. The van der Waals surface area contributed by atoms with Gasteiger partial charge in [-0.3, -0.25) is 4.79 Å². The van der Waals surface area contributed by atoms with Crippen molar-refractivity contribution in [2.45, 2.75) is 6.04 Å². The Morgan fingerprint density at radius 2 is 1.93 bits per heavy atom. The third kappa shape index (κ3) is 3.10. The zero-order valence-electron chi connectivity index (χ0n) is 15.1. The van der Waals surface area contributed by atoms with Crippen LogP contribution in [0.15, 0.2) is 67.1 Å². The summed E-state index contributed by atoms with van der Waals surface area (Å²) in [6, 6.07) is 13.4. The number of hydrogen-bond acceptors (Lipinski definition) is 2. The minimum absolute atomic E-state index is 0.232. The first kappa shape index (κ1) is 17.0. The Kier molecular flexibility index (Phi) is 4.24. The Morgan fingerprint density at radius 3 is 2.67 bits per heavy atom. The van der Waals surface area contributed by atoms with Crippen LogP contribution in [0.5, 0.6) is 0 Å². The molecular weight excluding hydrogens is 343 g/mol. The number of nitrogens with one attached hydrogen (secondary N) is 1. The number of hydrogen-bond donors (Lipinski definition) is 1. The van der Waals surface area contributed by atoms with Gasteiger partial charge in [0, 0.05) is 43.6 Å². The Labute approximate surface area is 156 Å². The highest BCUT2D eigenvalue weighted by Gasteiger charge is 2.23. The van der Waals surface area contributed by atoms with Gasteiger partial charge in [0.2, 0.25) is 0 Å². The van der Waals surface area contributed by atoms with Crippen molar-refractivity contribution >= 4 is 16.8 Å². The van der Waals surface area contributed by atoms with E-state index in [1.54, 1.807) is 30.7 Å². The van der Waals surface area contributed by atoms with Crippen molar-refractivity contribution in [1.82, 2.24) is 19.4 Å². The van der Waals surface area contributed by atoms with Gasteiger partial charge in [-0.05, 0) is 23.8 Å². The van der Waals surface area contributed by atoms with Crippen molar-refractivity contribution in [3.8, 4) is 0 Å². The molecule has 0 unspecified atom stereocenters. The van der Waals surface area contributed by atoms with E-state index in [-0.39, 0.29) is 11.7 Å². The monoisotopic (exact) mass is 362 g/mol. The molecule has 0 aliphatic heterocycles. The summed E-state index contributed by atoms with van der Waals surface area (Å²) in [5.41, 5.74) is 2.18. The molecule has 0 fully saturated rings. The summed E-state index contributed by atoms with van der Waals surface area (Å²) in [6.07, 6.45) is 5.26. The number of para-hydroxylation sites is 1. The van der Waals surface area contributed by atoms with Crippen molar-refractivity contribution < 1.29 is 9.18 Å². The van der Waals surface area contributed by atoms with Gasteiger partial charge >= 0.3 is 0 Å². The summed E-state index contributed by atoms with van der Waals surface area (Å²) in [5.74, 6) is 0.0457. The van der Waals surface area contributed by atoms with E-state index in [0.29, 0.717) is 17.0 Å². The van der Waals surface area contributed by atoms with Crippen LogP contribution in [0, 0.1) is 5.82 Å². The number of amides is 1. The number of nitrogens with zero attached hydrogens (tertiary/aromatic N) is 3. The molecule has 1 atom stereocenters. The highest BCUT2D eigenvalue weighted by Crippen LogP contribution is 2.24. The van der Waals surface area contributed by atoms with E-state index in [0.717, 1.165) is 10.9 Å². The summed E-state index contributed by atoms with van der Waals surface area (Å²) < 4.78 is 17.5. The summed E-state index contributed by atoms with van der Waals surface area (Å²) in [7, 11) is 3.75. The molecule has 2 aromatic carbocycles. The molecular formula is C21H19FN4O. The molecule has 0 bridgehead atoms. The van der Waals surface area contributed by atoms with Gasteiger partial charge < -0.3 is 14.5 Å². The highest BCUT2D eigenvalue weighted by atomic mass is 19.1. The molecule has 0 radical (unpaired) electrons. The number of benzene rings is 2. The van der Waals surface area contributed by atoms with Gasteiger partial charge in [0.15, 0.2) is 0 Å². The van der Waals surface area contributed by atoms with Crippen LogP contribution in [0.1, 0.15) is 27.8 Å². The zero-order chi connectivity index (χ0) is 19.0. The first-order valence-electron chi connectivity index (χ1n) is 8.62. The summed E-state index contributed by atoms with van der Waals surface area (Å²) in [5, 5.41) is 3.89. The number of aromatic nitrogens is 3. The molecule has 2 aromatic heterocycles. The minimum Gasteiger partial charge on any atom is -0.350 e. The molecule has 4 aromatic rings. The average molecular weight is 362 g/mol. The molecule has 0 saturated carbocycles. The molecule has 2 heterocycles. The van der Waals surface area contributed by atoms with Crippen molar-refractivity contribution in [1.29, 1.82) is 0 Å². The van der Waals surface area contributed by atoms with Crippen molar-refractivity contribution in [2.24, 2.45) is 14.1 Å². The number of carbonyl (C=O) groups excluding carboxylic acids is 1. The molecule has 136 valence electrons. The fraction of sp³-hybridized carbons (Fsp3) is 0.143.